The first-order valence-corrected chi connectivity index (χ1v) is 13.9. The van der Waals surface area contributed by atoms with Crippen LogP contribution >= 0.6 is 0 Å². The molecule has 8 nitrogen and oxygen atoms in total. The Morgan fingerprint density at radius 1 is 0.974 bits per heavy atom. The summed E-state index contributed by atoms with van der Waals surface area (Å²) in [6.45, 7) is 9.51. The maximum Gasteiger partial charge on any atom is 0.274 e. The zero-order chi connectivity index (χ0) is 26.8. The highest BCUT2D eigenvalue weighted by molar-refractivity contribution is 6.09. The monoisotopic (exact) mass is 521 g/mol. The number of benzene rings is 2. The van der Waals surface area contributed by atoms with Crippen molar-refractivity contribution >= 4 is 33.4 Å². The Hall–Kier alpha value is -4.01. The van der Waals surface area contributed by atoms with Gasteiger partial charge in [0.1, 0.15) is 5.69 Å². The number of rotatable bonds is 8. The van der Waals surface area contributed by atoms with Crippen LogP contribution in [0.3, 0.4) is 0 Å². The third-order valence-corrected chi connectivity index (χ3v) is 8.00. The third-order valence-electron chi connectivity index (χ3n) is 8.00. The largest absolute Gasteiger partial charge is 0.361 e. The SMILES string of the molecule is CCC(CC)N1CCN(Cc2cccc(C(=O)Nc3cc(-c4cccc5[nH]ccc45)cc4[nH]ncc34)n2)CC1. The molecule has 0 spiro atoms. The lowest BCUT2D eigenvalue weighted by molar-refractivity contribution is 0.0872. The highest BCUT2D eigenvalue weighted by Crippen LogP contribution is 2.34. The first kappa shape index (κ1) is 25.3. The van der Waals surface area contributed by atoms with Gasteiger partial charge in [-0.15, -0.1) is 0 Å². The van der Waals surface area contributed by atoms with E-state index in [0.717, 1.165) is 71.4 Å². The number of pyridine rings is 1. The van der Waals surface area contributed by atoms with Crippen LogP contribution in [-0.4, -0.2) is 68.1 Å². The van der Waals surface area contributed by atoms with Gasteiger partial charge in [0.15, 0.2) is 0 Å². The number of nitrogens with zero attached hydrogens (tertiary/aromatic N) is 4. The number of anilines is 1. The number of carbonyl (C=O) groups is 1. The van der Waals surface area contributed by atoms with E-state index in [-0.39, 0.29) is 5.91 Å². The number of H-pyrrole nitrogens is 2. The number of carbonyl (C=O) groups excluding carboxylic acids is 1. The lowest BCUT2D eigenvalue weighted by atomic mass is 9.99. The fourth-order valence-electron chi connectivity index (χ4n) is 5.85. The molecule has 1 aliphatic rings. The second-order valence-corrected chi connectivity index (χ2v) is 10.4. The maximum absolute atomic E-state index is 13.4. The first-order chi connectivity index (χ1) is 19.1. The fraction of sp³-hybridized carbons (Fsp3) is 0.323. The molecule has 0 radical (unpaired) electrons. The average Bonchev–Trinajstić information content (AvgIpc) is 3.64. The molecule has 8 heteroatoms. The Morgan fingerprint density at radius 3 is 2.62 bits per heavy atom. The van der Waals surface area contributed by atoms with Crippen LogP contribution < -0.4 is 5.32 Å². The molecule has 4 heterocycles. The van der Waals surface area contributed by atoms with E-state index in [0.29, 0.717) is 17.4 Å². The molecule has 39 heavy (non-hydrogen) atoms. The molecular weight excluding hydrogens is 486 g/mol. The van der Waals surface area contributed by atoms with Gasteiger partial charge in [-0.25, -0.2) is 4.98 Å². The summed E-state index contributed by atoms with van der Waals surface area (Å²) >= 11 is 0. The number of aromatic amines is 2. The van der Waals surface area contributed by atoms with Gasteiger partial charge in [-0.2, -0.15) is 5.10 Å². The molecule has 1 amide bonds. The number of fused-ring (bicyclic) bond motifs is 2. The minimum atomic E-state index is -0.227. The Balaban J connectivity index is 1.20. The summed E-state index contributed by atoms with van der Waals surface area (Å²) in [7, 11) is 0. The van der Waals surface area contributed by atoms with E-state index in [4.69, 9.17) is 4.98 Å². The van der Waals surface area contributed by atoms with Crippen LogP contribution in [0.1, 0.15) is 42.9 Å². The quantitative estimate of drug-likeness (QED) is 0.245. The van der Waals surface area contributed by atoms with Crippen molar-refractivity contribution in [2.45, 2.75) is 39.3 Å². The van der Waals surface area contributed by atoms with Gasteiger partial charge in [0, 0.05) is 61.3 Å². The molecule has 1 aliphatic heterocycles. The summed E-state index contributed by atoms with van der Waals surface area (Å²) in [5.74, 6) is -0.227. The Morgan fingerprint density at radius 2 is 1.79 bits per heavy atom. The lowest BCUT2D eigenvalue weighted by Gasteiger charge is -2.38. The molecule has 0 atom stereocenters. The minimum absolute atomic E-state index is 0.227. The highest BCUT2D eigenvalue weighted by atomic mass is 16.1. The van der Waals surface area contributed by atoms with Gasteiger partial charge in [-0.05, 0) is 60.4 Å². The second-order valence-electron chi connectivity index (χ2n) is 10.4. The van der Waals surface area contributed by atoms with E-state index < -0.39 is 0 Å². The zero-order valence-electron chi connectivity index (χ0n) is 22.6. The molecule has 3 N–H and O–H groups in total. The smallest absolute Gasteiger partial charge is 0.274 e. The van der Waals surface area contributed by atoms with Crippen LogP contribution in [0.4, 0.5) is 5.69 Å². The summed E-state index contributed by atoms with van der Waals surface area (Å²) in [5.41, 5.74) is 6.06. The van der Waals surface area contributed by atoms with Crippen LogP contribution in [-0.2, 0) is 6.54 Å². The summed E-state index contributed by atoms with van der Waals surface area (Å²) in [6, 6.07) is 18.7. The van der Waals surface area contributed by atoms with E-state index in [1.54, 1.807) is 12.3 Å². The topological polar surface area (TPSA) is 92.9 Å². The van der Waals surface area contributed by atoms with Crippen molar-refractivity contribution in [2.75, 3.05) is 31.5 Å². The Labute approximate surface area is 228 Å². The van der Waals surface area contributed by atoms with Gasteiger partial charge >= 0.3 is 0 Å². The van der Waals surface area contributed by atoms with E-state index in [1.807, 2.05) is 30.5 Å². The van der Waals surface area contributed by atoms with Crippen LogP contribution in [0.2, 0.25) is 0 Å². The van der Waals surface area contributed by atoms with Crippen molar-refractivity contribution in [2.24, 2.45) is 0 Å². The van der Waals surface area contributed by atoms with Crippen molar-refractivity contribution in [3.63, 3.8) is 0 Å². The van der Waals surface area contributed by atoms with E-state index in [1.165, 1.54) is 12.8 Å². The zero-order valence-corrected chi connectivity index (χ0v) is 22.6. The Bertz CT molecular complexity index is 1590. The van der Waals surface area contributed by atoms with Crippen molar-refractivity contribution in [3.8, 4) is 11.1 Å². The molecule has 6 rings (SSSR count). The first-order valence-electron chi connectivity index (χ1n) is 13.9. The van der Waals surface area contributed by atoms with Crippen LogP contribution in [0, 0.1) is 0 Å². The van der Waals surface area contributed by atoms with Gasteiger partial charge < -0.3 is 10.3 Å². The predicted molar refractivity (Wildman–Crippen MR) is 157 cm³/mol. The number of piperazine rings is 1. The van der Waals surface area contributed by atoms with Gasteiger partial charge in [0.25, 0.3) is 5.91 Å². The molecular formula is C31H35N7O. The standard InChI is InChI=1S/C31H35N7O/c1-3-23(4-2)38-15-13-37(14-16-38)20-22-7-5-10-28(34-22)31(39)35-29-17-21(18-30-26(29)19-33-36-30)24-8-6-9-27-25(24)11-12-32-27/h5-12,17-19,23,32H,3-4,13-16,20H2,1-2H3,(H,33,36)(H,35,39). The average molecular weight is 522 g/mol. The van der Waals surface area contributed by atoms with Gasteiger partial charge in [0.2, 0.25) is 0 Å². The highest BCUT2D eigenvalue weighted by Gasteiger charge is 2.22. The van der Waals surface area contributed by atoms with Crippen LogP contribution in [0.15, 0.2) is 67.0 Å². The molecule has 0 saturated carbocycles. The van der Waals surface area contributed by atoms with E-state index >= 15 is 0 Å². The van der Waals surface area contributed by atoms with Gasteiger partial charge in [-0.1, -0.05) is 32.0 Å². The summed E-state index contributed by atoms with van der Waals surface area (Å²) in [4.78, 5) is 26.4. The number of amides is 1. The second kappa shape index (κ2) is 11.0. The minimum Gasteiger partial charge on any atom is -0.361 e. The molecule has 1 saturated heterocycles. The summed E-state index contributed by atoms with van der Waals surface area (Å²) in [6.07, 6.45) is 6.09. The van der Waals surface area contributed by atoms with Crippen molar-refractivity contribution < 1.29 is 4.79 Å². The van der Waals surface area contributed by atoms with E-state index in [2.05, 4.69) is 68.4 Å². The molecule has 0 aliphatic carbocycles. The summed E-state index contributed by atoms with van der Waals surface area (Å²) in [5, 5.41) is 12.4. The maximum atomic E-state index is 13.4. The normalized spacial score (nSPS) is 14.9. The van der Waals surface area contributed by atoms with Crippen LogP contribution in [0.5, 0.6) is 0 Å². The molecule has 2 aromatic carbocycles. The third kappa shape index (κ3) is 5.17. The molecule has 3 aromatic heterocycles. The fourth-order valence-corrected chi connectivity index (χ4v) is 5.85. The van der Waals surface area contributed by atoms with E-state index in [9.17, 15) is 4.79 Å². The number of hydrogen-bond acceptors (Lipinski definition) is 5. The van der Waals surface area contributed by atoms with Crippen molar-refractivity contribution in [1.29, 1.82) is 0 Å². The molecule has 0 bridgehead atoms. The lowest BCUT2D eigenvalue weighted by Crippen LogP contribution is -2.49. The molecule has 0 unspecified atom stereocenters. The summed E-state index contributed by atoms with van der Waals surface area (Å²) < 4.78 is 0. The predicted octanol–water partition coefficient (Wildman–Crippen LogP) is 5.66. The van der Waals surface area contributed by atoms with Crippen molar-refractivity contribution in [3.05, 3.63) is 78.4 Å². The van der Waals surface area contributed by atoms with Gasteiger partial charge in [-0.3, -0.25) is 19.7 Å². The number of hydrogen-bond donors (Lipinski definition) is 3. The molecule has 200 valence electrons. The number of nitrogens with one attached hydrogen (secondary N) is 3. The Kier molecular flexibility index (Phi) is 7.13. The van der Waals surface area contributed by atoms with Crippen molar-refractivity contribution in [1.82, 2.24) is 30.0 Å². The number of aromatic nitrogens is 4. The molecule has 1 fully saturated rings. The van der Waals surface area contributed by atoms with Crippen LogP contribution in [0.25, 0.3) is 32.9 Å². The van der Waals surface area contributed by atoms with Gasteiger partial charge in [0.05, 0.1) is 23.1 Å². The molecule has 5 aromatic rings.